The van der Waals surface area contributed by atoms with Gasteiger partial charge in [-0.2, -0.15) is 0 Å². The molecule has 0 aromatic carbocycles. The summed E-state index contributed by atoms with van der Waals surface area (Å²) in [7, 11) is 1.45. The molecular formula is C9H18N2O2. The van der Waals surface area contributed by atoms with Crippen molar-refractivity contribution < 1.29 is 9.63 Å². The van der Waals surface area contributed by atoms with Gasteiger partial charge in [0.2, 0.25) is 0 Å². The maximum Gasteiger partial charge on any atom is 0.341 e. The fourth-order valence-corrected chi connectivity index (χ4v) is 1.47. The lowest BCUT2D eigenvalue weighted by Crippen LogP contribution is -2.45. The van der Waals surface area contributed by atoms with Gasteiger partial charge in [0.15, 0.2) is 0 Å². The molecule has 0 aromatic rings. The highest BCUT2D eigenvalue weighted by Crippen LogP contribution is 2.29. The van der Waals surface area contributed by atoms with Crippen molar-refractivity contribution >= 4 is 6.03 Å². The zero-order chi connectivity index (χ0) is 9.90. The zero-order valence-corrected chi connectivity index (χ0v) is 8.59. The molecule has 1 fully saturated rings. The fraction of sp³-hybridized carbons (Fsp3) is 0.889. The first-order chi connectivity index (χ1) is 6.05. The van der Waals surface area contributed by atoms with Crippen molar-refractivity contribution in [3.05, 3.63) is 0 Å². The number of nitrogens with one attached hydrogen (secondary N) is 1. The summed E-state index contributed by atoms with van der Waals surface area (Å²) < 4.78 is 0. The van der Waals surface area contributed by atoms with Gasteiger partial charge in [-0.1, -0.05) is 13.8 Å². The zero-order valence-electron chi connectivity index (χ0n) is 8.59. The summed E-state index contributed by atoms with van der Waals surface area (Å²) in [6, 6.07) is -0.127. The van der Waals surface area contributed by atoms with Gasteiger partial charge in [0.1, 0.15) is 0 Å². The number of rotatable bonds is 1. The molecule has 1 rings (SSSR count). The Bertz CT molecular complexity index is 182. The van der Waals surface area contributed by atoms with E-state index < -0.39 is 0 Å². The molecule has 0 aromatic heterocycles. The second kappa shape index (κ2) is 3.96. The van der Waals surface area contributed by atoms with Crippen LogP contribution in [0.2, 0.25) is 0 Å². The summed E-state index contributed by atoms with van der Waals surface area (Å²) in [6.07, 6.45) is 2.12. The van der Waals surface area contributed by atoms with E-state index in [0.717, 1.165) is 25.9 Å². The van der Waals surface area contributed by atoms with Crippen LogP contribution in [0.1, 0.15) is 26.7 Å². The monoisotopic (exact) mass is 186 g/mol. The molecule has 76 valence electrons. The van der Waals surface area contributed by atoms with E-state index in [9.17, 15) is 4.79 Å². The molecular weight excluding hydrogens is 168 g/mol. The van der Waals surface area contributed by atoms with E-state index in [-0.39, 0.29) is 6.03 Å². The smallest absolute Gasteiger partial charge is 0.323 e. The number of piperidine rings is 1. The summed E-state index contributed by atoms with van der Waals surface area (Å²) in [5, 5.41) is 0. The number of urea groups is 1. The topological polar surface area (TPSA) is 41.6 Å². The first kappa shape index (κ1) is 10.3. The maximum atomic E-state index is 11.3. The minimum absolute atomic E-state index is 0.127. The van der Waals surface area contributed by atoms with Crippen LogP contribution in [0, 0.1) is 5.41 Å². The van der Waals surface area contributed by atoms with Crippen LogP contribution in [-0.4, -0.2) is 31.1 Å². The molecule has 1 saturated heterocycles. The van der Waals surface area contributed by atoms with Gasteiger partial charge < -0.3 is 4.90 Å². The largest absolute Gasteiger partial charge is 0.341 e. The Kier molecular flexibility index (Phi) is 3.14. The molecule has 0 unspecified atom stereocenters. The van der Waals surface area contributed by atoms with E-state index in [1.807, 2.05) is 0 Å². The van der Waals surface area contributed by atoms with Crippen LogP contribution in [0.25, 0.3) is 0 Å². The fourth-order valence-electron chi connectivity index (χ4n) is 1.47. The van der Waals surface area contributed by atoms with Gasteiger partial charge in [0.05, 0.1) is 7.11 Å². The molecule has 0 atom stereocenters. The molecule has 0 aliphatic carbocycles. The van der Waals surface area contributed by atoms with Crippen molar-refractivity contribution in [2.45, 2.75) is 26.7 Å². The third-order valence-corrected chi connectivity index (χ3v) is 2.59. The highest BCUT2D eigenvalue weighted by molar-refractivity contribution is 5.73. The van der Waals surface area contributed by atoms with E-state index in [2.05, 4.69) is 24.2 Å². The predicted octanol–water partition coefficient (Wildman–Crippen LogP) is 1.38. The quantitative estimate of drug-likeness (QED) is 0.628. The number of amides is 2. The lowest BCUT2D eigenvalue weighted by atomic mass is 9.83. The molecule has 1 aliphatic heterocycles. The SMILES string of the molecule is CONC(=O)N1CCC(C)(C)CC1. The summed E-state index contributed by atoms with van der Waals surface area (Å²) in [5.41, 5.74) is 2.71. The standard InChI is InChI=1S/C9H18N2O2/c1-9(2)4-6-11(7-5-9)8(12)10-13-3/h4-7H2,1-3H3,(H,10,12). The molecule has 1 aliphatic rings. The molecule has 13 heavy (non-hydrogen) atoms. The minimum atomic E-state index is -0.127. The van der Waals surface area contributed by atoms with Gasteiger partial charge in [0.25, 0.3) is 0 Å². The molecule has 1 N–H and O–H groups in total. The van der Waals surface area contributed by atoms with Crippen molar-refractivity contribution in [2.75, 3.05) is 20.2 Å². The first-order valence-corrected chi connectivity index (χ1v) is 4.63. The second-order valence-electron chi connectivity index (χ2n) is 4.26. The van der Waals surface area contributed by atoms with Crippen molar-refractivity contribution in [2.24, 2.45) is 5.41 Å². The van der Waals surface area contributed by atoms with Gasteiger partial charge in [-0.3, -0.25) is 4.84 Å². The Hall–Kier alpha value is -0.770. The van der Waals surface area contributed by atoms with Crippen LogP contribution < -0.4 is 5.48 Å². The van der Waals surface area contributed by atoms with E-state index >= 15 is 0 Å². The average molecular weight is 186 g/mol. The van der Waals surface area contributed by atoms with Crippen molar-refractivity contribution in [1.29, 1.82) is 0 Å². The number of hydrogen-bond acceptors (Lipinski definition) is 2. The third kappa shape index (κ3) is 2.88. The van der Waals surface area contributed by atoms with Crippen molar-refractivity contribution in [3.8, 4) is 0 Å². The van der Waals surface area contributed by atoms with Gasteiger partial charge in [0, 0.05) is 13.1 Å². The summed E-state index contributed by atoms with van der Waals surface area (Å²) in [5.74, 6) is 0. The number of carbonyl (C=O) groups excluding carboxylic acids is 1. The Morgan fingerprint density at radius 3 is 2.38 bits per heavy atom. The van der Waals surface area contributed by atoms with Gasteiger partial charge in [-0.05, 0) is 18.3 Å². The Morgan fingerprint density at radius 1 is 1.38 bits per heavy atom. The summed E-state index contributed by atoms with van der Waals surface area (Å²) in [6.45, 7) is 6.11. The normalized spacial score (nSPS) is 21.3. The van der Waals surface area contributed by atoms with Crippen LogP contribution in [0.4, 0.5) is 4.79 Å². The van der Waals surface area contributed by atoms with Crippen LogP contribution in [-0.2, 0) is 4.84 Å². The van der Waals surface area contributed by atoms with Gasteiger partial charge >= 0.3 is 6.03 Å². The minimum Gasteiger partial charge on any atom is -0.323 e. The first-order valence-electron chi connectivity index (χ1n) is 4.63. The van der Waals surface area contributed by atoms with Crippen LogP contribution in [0.3, 0.4) is 0 Å². The summed E-state index contributed by atoms with van der Waals surface area (Å²) in [4.78, 5) is 17.7. The third-order valence-electron chi connectivity index (χ3n) is 2.59. The molecule has 0 spiro atoms. The number of nitrogens with zero attached hydrogens (tertiary/aromatic N) is 1. The average Bonchev–Trinajstić information content (AvgIpc) is 2.04. The Balaban J connectivity index is 2.36. The van der Waals surface area contributed by atoms with Gasteiger partial charge in [-0.25, -0.2) is 10.3 Å². The predicted molar refractivity (Wildman–Crippen MR) is 50.1 cm³/mol. The van der Waals surface area contributed by atoms with Crippen LogP contribution in [0.5, 0.6) is 0 Å². The van der Waals surface area contributed by atoms with Crippen LogP contribution in [0.15, 0.2) is 0 Å². The highest BCUT2D eigenvalue weighted by atomic mass is 16.6. The maximum absolute atomic E-state index is 11.3. The second-order valence-corrected chi connectivity index (χ2v) is 4.26. The van der Waals surface area contributed by atoms with Gasteiger partial charge in [-0.15, -0.1) is 0 Å². The molecule has 1 heterocycles. The summed E-state index contributed by atoms with van der Waals surface area (Å²) >= 11 is 0. The molecule has 0 bridgehead atoms. The van der Waals surface area contributed by atoms with E-state index in [1.54, 1.807) is 4.90 Å². The van der Waals surface area contributed by atoms with E-state index in [0.29, 0.717) is 5.41 Å². The van der Waals surface area contributed by atoms with Crippen LogP contribution >= 0.6 is 0 Å². The lowest BCUT2D eigenvalue weighted by Gasteiger charge is -2.36. The Labute approximate surface area is 79.2 Å². The number of likely N-dealkylation sites (tertiary alicyclic amines) is 1. The van der Waals surface area contributed by atoms with E-state index in [1.165, 1.54) is 7.11 Å². The number of hydrogen-bond donors (Lipinski definition) is 1. The molecule has 2 amide bonds. The lowest BCUT2D eigenvalue weighted by molar-refractivity contribution is 0.0717. The van der Waals surface area contributed by atoms with E-state index in [4.69, 9.17) is 0 Å². The van der Waals surface area contributed by atoms with Crippen molar-refractivity contribution in [1.82, 2.24) is 10.4 Å². The molecule has 0 radical (unpaired) electrons. The molecule has 4 nitrogen and oxygen atoms in total. The molecule has 0 saturated carbocycles. The number of carbonyl (C=O) groups is 1. The Morgan fingerprint density at radius 2 is 1.92 bits per heavy atom. The number of hydroxylamine groups is 1. The molecule has 4 heteroatoms. The van der Waals surface area contributed by atoms with Crippen molar-refractivity contribution in [3.63, 3.8) is 0 Å². The highest BCUT2D eigenvalue weighted by Gasteiger charge is 2.27.